The van der Waals surface area contributed by atoms with E-state index in [4.69, 9.17) is 4.74 Å². The molecule has 0 saturated carbocycles. The first kappa shape index (κ1) is 19.5. The maximum Gasteiger partial charge on any atom is 0.328 e. The summed E-state index contributed by atoms with van der Waals surface area (Å²) in [6.07, 6.45) is 0. The van der Waals surface area contributed by atoms with Gasteiger partial charge < -0.3 is 15.2 Å². The molecule has 0 atom stereocenters. The number of carbonyl (C=O) groups excluding carboxylic acids is 2. The van der Waals surface area contributed by atoms with Gasteiger partial charge in [-0.05, 0) is 18.2 Å². The van der Waals surface area contributed by atoms with Crippen molar-refractivity contribution in [2.75, 3.05) is 39.4 Å². The minimum Gasteiger partial charge on any atom is -0.494 e. The topological polar surface area (TPSA) is 96.2 Å². The van der Waals surface area contributed by atoms with Gasteiger partial charge in [-0.1, -0.05) is 30.3 Å². The molecule has 2 aromatic carbocycles. The van der Waals surface area contributed by atoms with Gasteiger partial charge in [-0.2, -0.15) is 0 Å². The highest BCUT2D eigenvalue weighted by molar-refractivity contribution is 6.56. The Hall–Kier alpha value is -3.49. The highest BCUT2D eigenvalue weighted by Gasteiger charge is 2.32. The zero-order valence-corrected chi connectivity index (χ0v) is 16.9. The number of morpholine rings is 1. The van der Waals surface area contributed by atoms with E-state index in [9.17, 15) is 14.7 Å². The van der Waals surface area contributed by atoms with E-state index in [-0.39, 0.29) is 22.9 Å². The van der Waals surface area contributed by atoms with Crippen LogP contribution in [0.3, 0.4) is 0 Å². The van der Waals surface area contributed by atoms with Crippen molar-refractivity contribution >= 4 is 34.1 Å². The average molecular weight is 418 g/mol. The van der Waals surface area contributed by atoms with Crippen LogP contribution in [0.1, 0.15) is 15.9 Å². The molecular formula is C23H22N4O4. The first-order chi connectivity index (χ1) is 15.1. The third kappa shape index (κ3) is 3.39. The molecule has 2 N–H and O–H groups in total. The molecule has 8 heteroatoms. The van der Waals surface area contributed by atoms with Crippen LogP contribution in [-0.2, 0) is 4.74 Å². The molecule has 1 amide bonds. The number of aromatic nitrogens is 1. The maximum absolute atomic E-state index is 13.0. The van der Waals surface area contributed by atoms with Crippen LogP contribution in [0, 0.1) is 0 Å². The Morgan fingerprint density at radius 2 is 1.84 bits per heavy atom. The lowest BCUT2D eigenvalue weighted by Gasteiger charge is -2.26. The first-order valence-corrected chi connectivity index (χ1v) is 10.3. The number of aliphatic imine (C=N–C) groups is 1. The summed E-state index contributed by atoms with van der Waals surface area (Å²) in [5.41, 5.74) is 2.00. The summed E-state index contributed by atoms with van der Waals surface area (Å²) in [7, 11) is 0. The Morgan fingerprint density at radius 3 is 2.65 bits per heavy atom. The summed E-state index contributed by atoms with van der Waals surface area (Å²) in [6, 6.07) is 13.7. The van der Waals surface area contributed by atoms with Crippen LogP contribution in [0.25, 0.3) is 10.9 Å². The number of nitrogens with one attached hydrogen (secondary N) is 1. The Labute approximate surface area is 178 Å². The van der Waals surface area contributed by atoms with Crippen LogP contribution < -0.4 is 5.32 Å². The van der Waals surface area contributed by atoms with Crippen LogP contribution in [0.2, 0.25) is 0 Å². The Balaban J connectivity index is 1.46. The minimum atomic E-state index is -0.447. The van der Waals surface area contributed by atoms with E-state index >= 15 is 0 Å². The van der Waals surface area contributed by atoms with Gasteiger partial charge in [-0.25, -0.2) is 14.4 Å². The fourth-order valence-corrected chi connectivity index (χ4v) is 4.12. The Bertz CT molecular complexity index is 1210. The number of fused-ring (bicyclic) bond motifs is 2. The molecule has 0 unspecified atom stereocenters. The number of ether oxygens (including phenoxy) is 1. The SMILES string of the molecule is O=C1C(c2c(O)n(C(=O)NCCN3CCOCC3)c3ccccc23)=Nc2ccccc21. The van der Waals surface area contributed by atoms with Gasteiger partial charge in [0.05, 0.1) is 30.0 Å². The van der Waals surface area contributed by atoms with Gasteiger partial charge in [0.15, 0.2) is 0 Å². The van der Waals surface area contributed by atoms with Gasteiger partial charge in [0.2, 0.25) is 11.7 Å². The summed E-state index contributed by atoms with van der Waals surface area (Å²) in [5, 5.41) is 14.5. The fraction of sp³-hybridized carbons (Fsp3) is 0.261. The van der Waals surface area contributed by atoms with Crippen LogP contribution in [-0.4, -0.2) is 71.5 Å². The van der Waals surface area contributed by atoms with Gasteiger partial charge in [-0.3, -0.25) is 9.69 Å². The van der Waals surface area contributed by atoms with Crippen molar-refractivity contribution in [1.29, 1.82) is 0 Å². The zero-order chi connectivity index (χ0) is 21.4. The van der Waals surface area contributed by atoms with Crippen molar-refractivity contribution in [3.05, 3.63) is 59.7 Å². The smallest absolute Gasteiger partial charge is 0.328 e. The van der Waals surface area contributed by atoms with Crippen LogP contribution in [0.15, 0.2) is 53.5 Å². The number of rotatable bonds is 4. The van der Waals surface area contributed by atoms with Crippen LogP contribution >= 0.6 is 0 Å². The summed E-state index contributed by atoms with van der Waals surface area (Å²) < 4.78 is 6.55. The molecule has 1 fully saturated rings. The van der Waals surface area contributed by atoms with Gasteiger partial charge in [0.25, 0.3) is 0 Å². The van der Waals surface area contributed by atoms with E-state index in [1.807, 2.05) is 6.07 Å². The summed E-state index contributed by atoms with van der Waals surface area (Å²) in [5.74, 6) is -0.550. The fourth-order valence-electron chi connectivity index (χ4n) is 4.12. The lowest BCUT2D eigenvalue weighted by Crippen LogP contribution is -2.42. The molecule has 0 spiro atoms. The number of Topliss-reactive ketones (excluding diaryl/α,β-unsaturated/α-hetero) is 1. The van der Waals surface area contributed by atoms with E-state index in [0.29, 0.717) is 48.5 Å². The van der Waals surface area contributed by atoms with Gasteiger partial charge in [0, 0.05) is 37.1 Å². The van der Waals surface area contributed by atoms with Crippen LogP contribution in [0.4, 0.5) is 10.5 Å². The molecule has 0 radical (unpaired) electrons. The molecule has 8 nitrogen and oxygen atoms in total. The number of nitrogens with zero attached hydrogens (tertiary/aromatic N) is 3. The quantitative estimate of drug-likeness (QED) is 0.679. The van der Waals surface area contributed by atoms with Crippen molar-refractivity contribution in [3.8, 4) is 5.88 Å². The molecular weight excluding hydrogens is 396 g/mol. The molecule has 1 saturated heterocycles. The highest BCUT2D eigenvalue weighted by atomic mass is 16.5. The minimum absolute atomic E-state index is 0.148. The molecule has 2 aliphatic heterocycles. The second-order valence-corrected chi connectivity index (χ2v) is 7.54. The number of benzene rings is 2. The standard InChI is InChI=1S/C23H22N4O4/c28-21-15-5-1-3-7-17(15)25-20(21)19-16-6-2-4-8-18(16)27(22(19)29)23(30)24-9-10-26-11-13-31-14-12-26/h1-8,29H,9-14H2,(H,24,30). The normalized spacial score (nSPS) is 16.4. The summed E-state index contributed by atoms with van der Waals surface area (Å²) in [6.45, 7) is 4.19. The van der Waals surface area contributed by atoms with Gasteiger partial charge in [0.1, 0.15) is 5.71 Å². The number of para-hydroxylation sites is 2. The van der Waals surface area contributed by atoms with Crippen molar-refractivity contribution in [1.82, 2.24) is 14.8 Å². The van der Waals surface area contributed by atoms with E-state index in [2.05, 4.69) is 15.2 Å². The van der Waals surface area contributed by atoms with Crippen LogP contribution in [0.5, 0.6) is 5.88 Å². The van der Waals surface area contributed by atoms with E-state index in [1.165, 1.54) is 4.57 Å². The zero-order valence-electron chi connectivity index (χ0n) is 16.9. The highest BCUT2D eigenvalue weighted by Crippen LogP contribution is 2.37. The number of hydrogen-bond acceptors (Lipinski definition) is 6. The summed E-state index contributed by atoms with van der Waals surface area (Å²) >= 11 is 0. The lowest BCUT2D eigenvalue weighted by atomic mass is 10.0. The number of amides is 1. The molecule has 5 rings (SSSR count). The van der Waals surface area contributed by atoms with Crippen molar-refractivity contribution in [2.45, 2.75) is 0 Å². The Morgan fingerprint density at radius 1 is 1.10 bits per heavy atom. The predicted molar refractivity (Wildman–Crippen MR) is 117 cm³/mol. The molecule has 31 heavy (non-hydrogen) atoms. The van der Waals surface area contributed by atoms with E-state index < -0.39 is 6.03 Å². The predicted octanol–water partition coefficient (Wildman–Crippen LogP) is 2.55. The third-order valence-corrected chi connectivity index (χ3v) is 5.69. The average Bonchev–Trinajstić information content (AvgIpc) is 3.27. The van der Waals surface area contributed by atoms with Gasteiger partial charge in [-0.15, -0.1) is 0 Å². The monoisotopic (exact) mass is 418 g/mol. The third-order valence-electron chi connectivity index (χ3n) is 5.69. The lowest BCUT2D eigenvalue weighted by molar-refractivity contribution is 0.0387. The number of hydrogen-bond donors (Lipinski definition) is 2. The summed E-state index contributed by atoms with van der Waals surface area (Å²) in [4.78, 5) is 32.6. The first-order valence-electron chi connectivity index (χ1n) is 10.3. The molecule has 2 aliphatic rings. The van der Waals surface area contributed by atoms with Gasteiger partial charge >= 0.3 is 6.03 Å². The molecule has 0 aliphatic carbocycles. The van der Waals surface area contributed by atoms with Crippen molar-refractivity contribution in [3.63, 3.8) is 0 Å². The largest absolute Gasteiger partial charge is 0.494 e. The number of carbonyl (C=O) groups is 2. The molecule has 1 aromatic heterocycles. The second kappa shape index (κ2) is 7.98. The van der Waals surface area contributed by atoms with Crippen molar-refractivity contribution in [2.24, 2.45) is 4.99 Å². The molecule has 0 bridgehead atoms. The molecule has 158 valence electrons. The maximum atomic E-state index is 13.0. The van der Waals surface area contributed by atoms with E-state index in [1.54, 1.807) is 42.5 Å². The number of ketones is 1. The molecule has 3 heterocycles. The number of aromatic hydroxyl groups is 1. The second-order valence-electron chi connectivity index (χ2n) is 7.54. The van der Waals surface area contributed by atoms with E-state index in [0.717, 1.165) is 13.1 Å². The van der Waals surface area contributed by atoms with Crippen molar-refractivity contribution < 1.29 is 19.4 Å². The Kier molecular flexibility index (Phi) is 5.01. The molecule has 3 aromatic rings.